The zero-order valence-corrected chi connectivity index (χ0v) is 47.5. The van der Waals surface area contributed by atoms with E-state index in [2.05, 4.69) is 31.3 Å². The van der Waals surface area contributed by atoms with Gasteiger partial charge in [0, 0.05) is 12.8 Å². The van der Waals surface area contributed by atoms with Crippen molar-refractivity contribution in [2.24, 2.45) is 0 Å². The van der Waals surface area contributed by atoms with Gasteiger partial charge in [0.2, 0.25) is 5.91 Å². The molecule has 0 aromatic heterocycles. The Morgan fingerprint density at radius 2 is 0.671 bits per heavy atom. The first-order valence-electron chi connectivity index (χ1n) is 31.9. The van der Waals surface area contributed by atoms with Crippen molar-refractivity contribution in [2.45, 2.75) is 373 Å². The van der Waals surface area contributed by atoms with Crippen LogP contribution in [0.25, 0.3) is 0 Å². The van der Waals surface area contributed by atoms with Crippen LogP contribution in [0.2, 0.25) is 0 Å². The maximum Gasteiger partial charge on any atom is 0.305 e. The predicted molar refractivity (Wildman–Crippen MR) is 306 cm³/mol. The third-order valence-electron chi connectivity index (χ3n) is 15.1. The quantitative estimate of drug-likeness (QED) is 0.0321. The number of hydrogen-bond acceptors (Lipinski definition) is 5. The van der Waals surface area contributed by atoms with Crippen LogP contribution >= 0.6 is 0 Å². The summed E-state index contributed by atoms with van der Waals surface area (Å²) in [5, 5.41) is 23.3. The van der Waals surface area contributed by atoms with Crippen molar-refractivity contribution < 1.29 is 24.5 Å². The van der Waals surface area contributed by atoms with Crippen molar-refractivity contribution in [3.8, 4) is 0 Å². The summed E-state index contributed by atoms with van der Waals surface area (Å²) in [5.74, 6) is -0.0245. The molecular weight excluding hydrogens is 863 g/mol. The molecule has 0 aliphatic rings. The molecule has 1 amide bonds. The largest absolute Gasteiger partial charge is 0.466 e. The van der Waals surface area contributed by atoms with Gasteiger partial charge in [-0.25, -0.2) is 0 Å². The van der Waals surface area contributed by atoms with E-state index >= 15 is 0 Å². The topological polar surface area (TPSA) is 95.9 Å². The first kappa shape index (κ1) is 68.6. The molecule has 0 fully saturated rings. The minimum absolute atomic E-state index is 0.00780. The summed E-state index contributed by atoms with van der Waals surface area (Å²) in [6, 6.07) is -0.540. The minimum Gasteiger partial charge on any atom is -0.466 e. The maximum absolute atomic E-state index is 12.5. The van der Waals surface area contributed by atoms with Gasteiger partial charge in [0.15, 0.2) is 0 Å². The van der Waals surface area contributed by atoms with Gasteiger partial charge >= 0.3 is 5.97 Å². The molecule has 70 heavy (non-hydrogen) atoms. The minimum atomic E-state index is -0.663. The summed E-state index contributed by atoms with van der Waals surface area (Å²) in [7, 11) is 0. The molecule has 0 aliphatic heterocycles. The smallest absolute Gasteiger partial charge is 0.305 e. The van der Waals surface area contributed by atoms with E-state index in [0.717, 1.165) is 44.9 Å². The molecule has 416 valence electrons. The monoisotopic (exact) mass is 988 g/mol. The van der Waals surface area contributed by atoms with E-state index in [1.807, 2.05) is 0 Å². The normalized spacial score (nSPS) is 12.6. The third-order valence-corrected chi connectivity index (χ3v) is 15.1. The van der Waals surface area contributed by atoms with E-state index in [0.29, 0.717) is 25.9 Å². The molecule has 0 rings (SSSR count). The number of rotatable bonds is 60. The number of aliphatic hydroxyl groups is 2. The molecule has 2 atom stereocenters. The van der Waals surface area contributed by atoms with Crippen LogP contribution in [-0.2, 0) is 14.3 Å². The van der Waals surface area contributed by atoms with Crippen molar-refractivity contribution >= 4 is 11.9 Å². The van der Waals surface area contributed by atoms with Gasteiger partial charge in [-0.1, -0.05) is 309 Å². The standard InChI is InChI=1S/C64H125NO5/c1-3-5-7-9-11-13-15-17-19-30-34-38-42-46-50-54-58-64(69)70-59-55-51-47-43-39-35-31-28-26-24-22-20-21-23-25-27-29-33-37-41-45-49-53-57-63(68)65-61(60-66)62(67)56-52-48-44-40-36-32-18-16-14-12-10-8-6-4-2/h19,30,61-62,66-67H,3-18,20-29,31-60H2,1-2H3,(H,65,68)/b30-19-. The van der Waals surface area contributed by atoms with Crippen LogP contribution in [-0.4, -0.2) is 47.4 Å². The number of carbonyl (C=O) groups excluding carboxylic acids is 2. The average molecular weight is 989 g/mol. The van der Waals surface area contributed by atoms with Crippen LogP contribution in [0.1, 0.15) is 361 Å². The summed E-state index contributed by atoms with van der Waals surface area (Å²) < 4.78 is 5.49. The fraction of sp³-hybridized carbons (Fsp3) is 0.938. The Labute approximate surface area is 438 Å². The Balaban J connectivity index is 3.35. The van der Waals surface area contributed by atoms with Gasteiger partial charge in [0.25, 0.3) is 0 Å². The summed E-state index contributed by atoms with van der Waals surface area (Å²) in [4.78, 5) is 24.6. The molecule has 0 aromatic rings. The van der Waals surface area contributed by atoms with Crippen LogP contribution in [0.5, 0.6) is 0 Å². The molecule has 0 radical (unpaired) electrons. The van der Waals surface area contributed by atoms with Crippen molar-refractivity contribution in [3.63, 3.8) is 0 Å². The Morgan fingerprint density at radius 3 is 1.01 bits per heavy atom. The second-order valence-electron chi connectivity index (χ2n) is 22.1. The zero-order valence-electron chi connectivity index (χ0n) is 47.5. The lowest BCUT2D eigenvalue weighted by Crippen LogP contribution is -2.45. The van der Waals surface area contributed by atoms with E-state index in [1.54, 1.807) is 0 Å². The number of ether oxygens (including phenoxy) is 1. The van der Waals surface area contributed by atoms with Gasteiger partial charge in [-0.2, -0.15) is 0 Å². The highest BCUT2D eigenvalue weighted by Gasteiger charge is 2.20. The van der Waals surface area contributed by atoms with Gasteiger partial charge in [0.1, 0.15) is 0 Å². The lowest BCUT2D eigenvalue weighted by molar-refractivity contribution is -0.143. The molecule has 0 saturated heterocycles. The predicted octanol–water partition coefficient (Wildman–Crippen LogP) is 20.0. The Hall–Kier alpha value is -1.40. The van der Waals surface area contributed by atoms with Crippen LogP contribution in [0.15, 0.2) is 12.2 Å². The van der Waals surface area contributed by atoms with Gasteiger partial charge in [-0.3, -0.25) is 9.59 Å². The molecule has 0 heterocycles. The molecule has 0 aliphatic carbocycles. The first-order chi connectivity index (χ1) is 34.5. The Kier molecular flexibility index (Phi) is 59.0. The number of nitrogens with one attached hydrogen (secondary N) is 1. The first-order valence-corrected chi connectivity index (χ1v) is 31.9. The molecule has 3 N–H and O–H groups in total. The molecule has 0 aromatic carbocycles. The molecule has 0 saturated carbocycles. The van der Waals surface area contributed by atoms with Crippen LogP contribution in [0.3, 0.4) is 0 Å². The average Bonchev–Trinajstić information content (AvgIpc) is 3.36. The number of unbranched alkanes of at least 4 members (excludes halogenated alkanes) is 47. The van der Waals surface area contributed by atoms with Crippen LogP contribution < -0.4 is 5.32 Å². The van der Waals surface area contributed by atoms with Gasteiger partial charge in [-0.15, -0.1) is 0 Å². The van der Waals surface area contributed by atoms with Crippen molar-refractivity contribution in [1.82, 2.24) is 5.32 Å². The highest BCUT2D eigenvalue weighted by molar-refractivity contribution is 5.76. The van der Waals surface area contributed by atoms with E-state index in [9.17, 15) is 19.8 Å². The SMILES string of the molecule is CCCCCCCCC/C=C\CCCCCCCC(=O)OCCCCCCCCCCCCCCCCCCCCCCCCCC(=O)NC(CO)C(O)CCCCCCCCCCCCCCCC. The van der Waals surface area contributed by atoms with Crippen molar-refractivity contribution in [1.29, 1.82) is 0 Å². The number of aliphatic hydroxyl groups excluding tert-OH is 2. The number of carbonyl (C=O) groups is 2. The summed E-state index contributed by atoms with van der Waals surface area (Å²) >= 11 is 0. The highest BCUT2D eigenvalue weighted by atomic mass is 16.5. The van der Waals surface area contributed by atoms with Crippen molar-refractivity contribution in [2.75, 3.05) is 13.2 Å². The molecular formula is C64H125NO5. The van der Waals surface area contributed by atoms with Gasteiger partial charge in [-0.05, 0) is 51.4 Å². The lowest BCUT2D eigenvalue weighted by atomic mass is 10.0. The molecule has 6 heteroatoms. The van der Waals surface area contributed by atoms with E-state index < -0.39 is 12.1 Å². The number of hydrogen-bond donors (Lipinski definition) is 3. The molecule has 6 nitrogen and oxygen atoms in total. The van der Waals surface area contributed by atoms with E-state index in [1.165, 1.54) is 283 Å². The fourth-order valence-corrected chi connectivity index (χ4v) is 10.2. The van der Waals surface area contributed by atoms with Gasteiger partial charge in [0.05, 0.1) is 25.4 Å². The highest BCUT2D eigenvalue weighted by Crippen LogP contribution is 2.18. The number of esters is 1. The Bertz CT molecular complexity index is 1050. The lowest BCUT2D eigenvalue weighted by Gasteiger charge is -2.22. The summed E-state index contributed by atoms with van der Waals surface area (Å²) in [6.07, 6.45) is 72.3. The van der Waals surface area contributed by atoms with Gasteiger partial charge < -0.3 is 20.3 Å². The summed E-state index contributed by atoms with van der Waals surface area (Å²) in [5.41, 5.74) is 0. The third kappa shape index (κ3) is 55.9. The van der Waals surface area contributed by atoms with Crippen molar-refractivity contribution in [3.05, 3.63) is 12.2 Å². The number of allylic oxidation sites excluding steroid dienone is 2. The summed E-state index contributed by atoms with van der Waals surface area (Å²) in [6.45, 7) is 4.97. The van der Waals surface area contributed by atoms with Crippen LogP contribution in [0, 0.1) is 0 Å². The molecule has 2 unspecified atom stereocenters. The fourth-order valence-electron chi connectivity index (χ4n) is 10.2. The molecule has 0 bridgehead atoms. The number of amides is 1. The second-order valence-corrected chi connectivity index (χ2v) is 22.1. The maximum atomic E-state index is 12.5. The Morgan fingerprint density at radius 1 is 0.386 bits per heavy atom. The van der Waals surface area contributed by atoms with Crippen LogP contribution in [0.4, 0.5) is 0 Å². The zero-order chi connectivity index (χ0) is 50.7. The second kappa shape index (κ2) is 60.2. The van der Waals surface area contributed by atoms with E-state index in [4.69, 9.17) is 4.74 Å². The molecule has 0 spiro atoms. The van der Waals surface area contributed by atoms with E-state index in [-0.39, 0.29) is 18.5 Å².